The van der Waals surface area contributed by atoms with E-state index in [2.05, 4.69) is 4.18 Å². The minimum Gasteiger partial charge on any atom is -0.305 e. The van der Waals surface area contributed by atoms with Crippen LogP contribution in [0.15, 0.2) is 0 Å². The molecule has 0 aromatic rings. The fourth-order valence-corrected chi connectivity index (χ4v) is 2.60. The van der Waals surface area contributed by atoms with Crippen molar-refractivity contribution in [3.8, 4) is 12.3 Å². The maximum Gasteiger partial charge on any atom is 0.285 e. The topological polar surface area (TPSA) is 80.7 Å². The number of hydrogen-bond acceptors (Lipinski definition) is 4. The zero-order valence-electron chi connectivity index (χ0n) is 6.97. The summed E-state index contributed by atoms with van der Waals surface area (Å²) in [6.45, 7) is 1.38. The maximum atomic E-state index is 11.1. The van der Waals surface area contributed by atoms with E-state index in [1.54, 1.807) is 0 Å². The van der Waals surface area contributed by atoms with Gasteiger partial charge in [-0.3, -0.25) is 4.18 Å². The highest BCUT2D eigenvalue weighted by molar-refractivity contribution is 8.01. The van der Waals surface area contributed by atoms with Crippen LogP contribution in [0.25, 0.3) is 0 Å². The highest BCUT2D eigenvalue weighted by Gasteiger charge is 2.30. The van der Waals surface area contributed by atoms with Crippen molar-refractivity contribution >= 4 is 21.2 Å². The van der Waals surface area contributed by atoms with E-state index >= 15 is 0 Å². The lowest BCUT2D eigenvalue weighted by Gasteiger charge is -2.09. The second-order valence-corrected chi connectivity index (χ2v) is 5.22. The van der Waals surface area contributed by atoms with Crippen LogP contribution < -0.4 is 0 Å². The molecule has 0 heterocycles. The first kappa shape index (κ1) is 12.6. The van der Waals surface area contributed by atoms with Crippen LogP contribution in [0.3, 0.4) is 0 Å². The molecule has 0 bridgehead atoms. The van der Waals surface area contributed by atoms with Crippen LogP contribution in [-0.4, -0.2) is 28.4 Å². The first-order valence-electron chi connectivity index (χ1n) is 3.37. The van der Waals surface area contributed by atoms with Gasteiger partial charge in [-0.15, -0.1) is 12.3 Å². The molecule has 0 fully saturated rings. The molecule has 2 unspecified atom stereocenters. The predicted molar refractivity (Wildman–Crippen MR) is 48.6 cm³/mol. The summed E-state index contributed by atoms with van der Waals surface area (Å²) in [5.41, 5.74) is 0. The Kier molecular flexibility index (Phi) is 5.17. The SMILES string of the molecule is C#CCC(S(=O)O)S(=O)(=O)OCC. The molecule has 0 amide bonds. The second-order valence-electron chi connectivity index (χ2n) is 2.01. The van der Waals surface area contributed by atoms with Gasteiger partial charge in [-0.25, -0.2) is 4.21 Å². The van der Waals surface area contributed by atoms with Gasteiger partial charge in [0.15, 0.2) is 15.7 Å². The summed E-state index contributed by atoms with van der Waals surface area (Å²) in [5.74, 6) is 2.00. The molecule has 0 aliphatic heterocycles. The van der Waals surface area contributed by atoms with Crippen molar-refractivity contribution in [1.29, 1.82) is 0 Å². The molecule has 0 aliphatic carbocycles. The Morgan fingerprint density at radius 1 is 1.69 bits per heavy atom. The van der Waals surface area contributed by atoms with Crippen molar-refractivity contribution in [3.05, 3.63) is 0 Å². The molecule has 0 saturated carbocycles. The lowest BCUT2D eigenvalue weighted by atomic mass is 10.5. The molecular weight excluding hydrogens is 216 g/mol. The number of rotatable bonds is 5. The largest absolute Gasteiger partial charge is 0.305 e. The summed E-state index contributed by atoms with van der Waals surface area (Å²) in [4.78, 5) is 0. The van der Waals surface area contributed by atoms with E-state index in [4.69, 9.17) is 11.0 Å². The van der Waals surface area contributed by atoms with Gasteiger partial charge in [0.25, 0.3) is 10.1 Å². The van der Waals surface area contributed by atoms with E-state index in [9.17, 15) is 12.6 Å². The van der Waals surface area contributed by atoms with Crippen molar-refractivity contribution in [2.45, 2.75) is 17.9 Å². The first-order valence-corrected chi connectivity index (χ1v) is 6.01. The third-order valence-electron chi connectivity index (χ3n) is 1.11. The average Bonchev–Trinajstić information content (AvgIpc) is 1.99. The van der Waals surface area contributed by atoms with Crippen molar-refractivity contribution in [1.82, 2.24) is 0 Å². The Bertz CT molecular complexity index is 312. The van der Waals surface area contributed by atoms with Gasteiger partial charge < -0.3 is 4.55 Å². The molecule has 76 valence electrons. The van der Waals surface area contributed by atoms with E-state index in [0.717, 1.165) is 0 Å². The summed E-state index contributed by atoms with van der Waals surface area (Å²) >= 11 is -2.53. The van der Waals surface area contributed by atoms with Crippen LogP contribution in [0.5, 0.6) is 0 Å². The Hall–Kier alpha value is -0.420. The number of terminal acetylenes is 1. The number of hydrogen-bond donors (Lipinski definition) is 1. The van der Waals surface area contributed by atoms with E-state index in [1.807, 2.05) is 5.92 Å². The van der Waals surface area contributed by atoms with Gasteiger partial charge in [-0.1, -0.05) is 0 Å². The molecule has 0 spiro atoms. The fraction of sp³-hybridized carbons (Fsp3) is 0.667. The molecule has 0 saturated heterocycles. The third-order valence-corrected chi connectivity index (χ3v) is 4.31. The summed E-state index contributed by atoms with van der Waals surface area (Å²) < 4.78 is 44.1. The highest BCUT2D eigenvalue weighted by atomic mass is 32.3. The van der Waals surface area contributed by atoms with E-state index in [1.165, 1.54) is 6.92 Å². The Labute approximate surface area is 79.9 Å². The van der Waals surface area contributed by atoms with Gasteiger partial charge in [0.1, 0.15) is 0 Å². The fourth-order valence-electron chi connectivity index (χ4n) is 0.611. The second kappa shape index (κ2) is 5.34. The van der Waals surface area contributed by atoms with Crippen molar-refractivity contribution < 1.29 is 21.4 Å². The van der Waals surface area contributed by atoms with Gasteiger partial charge >= 0.3 is 0 Å². The van der Waals surface area contributed by atoms with Crippen LogP contribution in [0.4, 0.5) is 0 Å². The zero-order valence-corrected chi connectivity index (χ0v) is 8.60. The van der Waals surface area contributed by atoms with Crippen molar-refractivity contribution in [2.24, 2.45) is 0 Å². The lowest BCUT2D eigenvalue weighted by Crippen LogP contribution is -2.27. The summed E-state index contributed by atoms with van der Waals surface area (Å²) in [7, 11) is -4.03. The van der Waals surface area contributed by atoms with Crippen LogP contribution >= 0.6 is 0 Å². The van der Waals surface area contributed by atoms with E-state index < -0.39 is 25.8 Å². The first-order chi connectivity index (χ1) is 5.95. The molecule has 0 aliphatic rings. The summed E-state index contributed by atoms with van der Waals surface area (Å²) in [6.07, 6.45) is 4.50. The van der Waals surface area contributed by atoms with Crippen LogP contribution in [0.1, 0.15) is 13.3 Å². The summed E-state index contributed by atoms with van der Waals surface area (Å²) in [5, 5.41) is 0. The van der Waals surface area contributed by atoms with Gasteiger partial charge in [0, 0.05) is 6.42 Å². The highest BCUT2D eigenvalue weighted by Crippen LogP contribution is 2.11. The zero-order chi connectivity index (χ0) is 10.5. The van der Waals surface area contributed by atoms with E-state index in [0.29, 0.717) is 0 Å². The molecule has 0 aromatic carbocycles. The van der Waals surface area contributed by atoms with Crippen LogP contribution in [0, 0.1) is 12.3 Å². The molecule has 1 N–H and O–H groups in total. The van der Waals surface area contributed by atoms with Crippen LogP contribution in [-0.2, 0) is 25.4 Å². The minimum absolute atomic E-state index is 0.0827. The smallest absolute Gasteiger partial charge is 0.285 e. The molecule has 5 nitrogen and oxygen atoms in total. The maximum absolute atomic E-state index is 11.1. The molecule has 7 heteroatoms. The minimum atomic E-state index is -4.03. The monoisotopic (exact) mass is 226 g/mol. The van der Waals surface area contributed by atoms with Crippen LogP contribution in [0.2, 0.25) is 0 Å². The normalized spacial score (nSPS) is 16.1. The molecule has 0 rings (SSSR count). The molecule has 0 radical (unpaired) electrons. The summed E-state index contributed by atoms with van der Waals surface area (Å²) in [6, 6.07) is 0. The average molecular weight is 226 g/mol. The Morgan fingerprint density at radius 3 is 2.54 bits per heavy atom. The Balaban J connectivity index is 4.75. The van der Waals surface area contributed by atoms with Gasteiger partial charge in [-0.2, -0.15) is 8.42 Å². The van der Waals surface area contributed by atoms with Crippen molar-refractivity contribution in [2.75, 3.05) is 6.61 Å². The Morgan fingerprint density at radius 2 is 2.23 bits per heavy atom. The molecular formula is C6H10O5S2. The molecule has 2 atom stereocenters. The van der Waals surface area contributed by atoms with Gasteiger partial charge in [0.2, 0.25) is 0 Å². The van der Waals surface area contributed by atoms with E-state index in [-0.39, 0.29) is 13.0 Å². The van der Waals surface area contributed by atoms with Gasteiger partial charge in [-0.05, 0) is 6.92 Å². The standard InChI is InChI=1S/C6H10O5S2/c1-3-5-6(12(7)8)13(9,10)11-4-2/h1,6H,4-5H2,2H3,(H,7,8). The van der Waals surface area contributed by atoms with Gasteiger partial charge in [0.05, 0.1) is 6.61 Å². The molecule has 13 heavy (non-hydrogen) atoms. The predicted octanol–water partition coefficient (Wildman–Crippen LogP) is -0.0762. The third kappa shape index (κ3) is 3.87. The quantitative estimate of drug-likeness (QED) is 0.403. The lowest BCUT2D eigenvalue weighted by molar-refractivity contribution is 0.335. The van der Waals surface area contributed by atoms with Crippen molar-refractivity contribution in [3.63, 3.8) is 0 Å². The molecule has 0 aromatic heterocycles.